The maximum absolute atomic E-state index is 13.1. The fraction of sp³-hybridized carbons (Fsp3) is 0.222. The molecule has 0 saturated carbocycles. The molecule has 0 aliphatic rings. The van der Waals surface area contributed by atoms with Crippen LogP contribution in [0.3, 0.4) is 0 Å². The molecule has 2 N–H and O–H groups in total. The van der Waals surface area contributed by atoms with Gasteiger partial charge < -0.3 is 10.6 Å². The smallest absolute Gasteiger partial charge is 0.252 e. The second-order valence-corrected chi connectivity index (χ2v) is 5.46. The van der Waals surface area contributed by atoms with E-state index in [1.54, 1.807) is 26.0 Å². The zero-order chi connectivity index (χ0) is 17.0. The third-order valence-corrected chi connectivity index (χ3v) is 3.58. The normalized spacial score (nSPS) is 11.7. The van der Waals surface area contributed by atoms with Gasteiger partial charge in [0.05, 0.1) is 0 Å². The Labute approximate surface area is 134 Å². The van der Waals surface area contributed by atoms with Crippen molar-refractivity contribution < 1.29 is 14.0 Å². The van der Waals surface area contributed by atoms with Gasteiger partial charge in [-0.3, -0.25) is 9.59 Å². The summed E-state index contributed by atoms with van der Waals surface area (Å²) in [5.41, 5.74) is 2.52. The summed E-state index contributed by atoms with van der Waals surface area (Å²) in [6.45, 7) is 5.14. The molecule has 0 aliphatic heterocycles. The summed E-state index contributed by atoms with van der Waals surface area (Å²) < 4.78 is 13.1. The Morgan fingerprint density at radius 1 is 1.04 bits per heavy atom. The summed E-state index contributed by atoms with van der Waals surface area (Å²) in [5.74, 6) is -1.02. The van der Waals surface area contributed by atoms with Gasteiger partial charge in [0.25, 0.3) is 5.91 Å². The van der Waals surface area contributed by atoms with E-state index in [-0.39, 0.29) is 17.6 Å². The molecule has 0 heterocycles. The molecule has 1 atom stereocenters. The van der Waals surface area contributed by atoms with Gasteiger partial charge in [-0.1, -0.05) is 18.2 Å². The highest BCUT2D eigenvalue weighted by Gasteiger charge is 2.18. The average Bonchev–Trinajstić information content (AvgIpc) is 2.50. The van der Waals surface area contributed by atoms with Gasteiger partial charge in [0, 0.05) is 11.3 Å². The SMILES string of the molecule is Cc1cc(F)ccc1NC(=O)[C@H](C)NC(=O)c1ccccc1C. The van der Waals surface area contributed by atoms with Crippen LogP contribution >= 0.6 is 0 Å². The predicted molar refractivity (Wildman–Crippen MR) is 87.9 cm³/mol. The van der Waals surface area contributed by atoms with E-state index >= 15 is 0 Å². The van der Waals surface area contributed by atoms with Crippen LogP contribution in [0.25, 0.3) is 0 Å². The molecule has 0 radical (unpaired) electrons. The van der Waals surface area contributed by atoms with Gasteiger partial charge in [-0.25, -0.2) is 4.39 Å². The lowest BCUT2D eigenvalue weighted by Gasteiger charge is -2.16. The molecule has 0 fully saturated rings. The average molecular weight is 314 g/mol. The van der Waals surface area contributed by atoms with Gasteiger partial charge in [0.1, 0.15) is 11.9 Å². The third kappa shape index (κ3) is 4.16. The van der Waals surface area contributed by atoms with Crippen LogP contribution in [0.15, 0.2) is 42.5 Å². The molecular weight excluding hydrogens is 295 g/mol. The third-order valence-electron chi connectivity index (χ3n) is 3.58. The summed E-state index contributed by atoms with van der Waals surface area (Å²) >= 11 is 0. The van der Waals surface area contributed by atoms with E-state index in [1.807, 2.05) is 19.1 Å². The number of anilines is 1. The van der Waals surface area contributed by atoms with Crippen LogP contribution in [0.1, 0.15) is 28.4 Å². The van der Waals surface area contributed by atoms with E-state index in [2.05, 4.69) is 10.6 Å². The number of benzene rings is 2. The number of aryl methyl sites for hydroxylation is 2. The molecule has 5 heteroatoms. The molecule has 0 unspecified atom stereocenters. The minimum atomic E-state index is -0.716. The highest BCUT2D eigenvalue weighted by atomic mass is 19.1. The number of halogens is 1. The lowest BCUT2D eigenvalue weighted by atomic mass is 10.1. The Morgan fingerprint density at radius 2 is 1.74 bits per heavy atom. The topological polar surface area (TPSA) is 58.2 Å². The minimum Gasteiger partial charge on any atom is -0.341 e. The van der Waals surface area contributed by atoms with Gasteiger partial charge >= 0.3 is 0 Å². The van der Waals surface area contributed by atoms with E-state index < -0.39 is 6.04 Å². The van der Waals surface area contributed by atoms with Crippen molar-refractivity contribution in [1.82, 2.24) is 5.32 Å². The highest BCUT2D eigenvalue weighted by molar-refractivity contribution is 6.01. The fourth-order valence-corrected chi connectivity index (χ4v) is 2.18. The molecule has 2 aromatic carbocycles. The Hall–Kier alpha value is -2.69. The molecule has 2 rings (SSSR count). The van der Waals surface area contributed by atoms with Gasteiger partial charge in [-0.2, -0.15) is 0 Å². The number of amides is 2. The summed E-state index contributed by atoms with van der Waals surface area (Å²) in [7, 11) is 0. The largest absolute Gasteiger partial charge is 0.341 e. The van der Waals surface area contributed by atoms with Crippen LogP contribution in [-0.2, 0) is 4.79 Å². The van der Waals surface area contributed by atoms with Crippen LogP contribution < -0.4 is 10.6 Å². The van der Waals surface area contributed by atoms with Crippen LogP contribution in [0.5, 0.6) is 0 Å². The van der Waals surface area contributed by atoms with Crippen molar-refractivity contribution in [3.8, 4) is 0 Å². The first kappa shape index (κ1) is 16.7. The van der Waals surface area contributed by atoms with Gasteiger partial charge in [-0.15, -0.1) is 0 Å². The van der Waals surface area contributed by atoms with E-state index in [1.165, 1.54) is 18.2 Å². The van der Waals surface area contributed by atoms with Crippen LogP contribution in [0.4, 0.5) is 10.1 Å². The van der Waals surface area contributed by atoms with E-state index in [0.29, 0.717) is 16.8 Å². The van der Waals surface area contributed by atoms with E-state index in [9.17, 15) is 14.0 Å². The Kier molecular flexibility index (Phi) is 5.11. The maximum atomic E-state index is 13.1. The van der Waals surface area contributed by atoms with Crippen LogP contribution in [-0.4, -0.2) is 17.9 Å². The number of rotatable bonds is 4. The van der Waals surface area contributed by atoms with Crippen molar-refractivity contribution in [2.45, 2.75) is 26.8 Å². The highest BCUT2D eigenvalue weighted by Crippen LogP contribution is 2.16. The molecule has 0 aliphatic carbocycles. The summed E-state index contributed by atoms with van der Waals surface area (Å²) in [6.07, 6.45) is 0. The Morgan fingerprint density at radius 3 is 2.39 bits per heavy atom. The molecule has 23 heavy (non-hydrogen) atoms. The van der Waals surface area contributed by atoms with Gasteiger partial charge in [-0.05, 0) is 56.2 Å². The number of hydrogen-bond donors (Lipinski definition) is 2. The molecule has 4 nitrogen and oxygen atoms in total. The first-order valence-corrected chi connectivity index (χ1v) is 7.32. The maximum Gasteiger partial charge on any atom is 0.252 e. The quantitative estimate of drug-likeness (QED) is 0.910. The fourth-order valence-electron chi connectivity index (χ4n) is 2.18. The number of carbonyl (C=O) groups is 2. The van der Waals surface area contributed by atoms with Crippen molar-refractivity contribution in [3.63, 3.8) is 0 Å². The molecule has 2 aromatic rings. The number of carbonyl (C=O) groups excluding carboxylic acids is 2. The Balaban J connectivity index is 2.03. The van der Waals surface area contributed by atoms with E-state index in [4.69, 9.17) is 0 Å². The second-order valence-electron chi connectivity index (χ2n) is 5.46. The molecule has 0 aromatic heterocycles. The monoisotopic (exact) mass is 314 g/mol. The molecule has 120 valence electrons. The number of hydrogen-bond acceptors (Lipinski definition) is 2. The van der Waals surface area contributed by atoms with Crippen LogP contribution in [0, 0.1) is 19.7 Å². The Bertz CT molecular complexity index is 744. The van der Waals surface area contributed by atoms with Crippen molar-refractivity contribution in [3.05, 3.63) is 65.0 Å². The minimum absolute atomic E-state index is 0.304. The lowest BCUT2D eigenvalue weighted by molar-refractivity contribution is -0.117. The van der Waals surface area contributed by atoms with Crippen molar-refractivity contribution >= 4 is 17.5 Å². The van der Waals surface area contributed by atoms with Crippen molar-refractivity contribution in [2.75, 3.05) is 5.32 Å². The standard InChI is InChI=1S/C18H19FN2O2/c1-11-6-4-5-7-15(11)18(23)20-13(3)17(22)21-16-9-8-14(19)10-12(16)2/h4-10,13H,1-3H3,(H,20,23)(H,21,22)/t13-/m0/s1. The summed E-state index contributed by atoms with van der Waals surface area (Å²) in [5, 5.41) is 5.35. The molecular formula is C18H19FN2O2. The first-order chi connectivity index (χ1) is 10.9. The van der Waals surface area contributed by atoms with E-state index in [0.717, 1.165) is 5.56 Å². The van der Waals surface area contributed by atoms with Crippen LogP contribution in [0.2, 0.25) is 0 Å². The number of nitrogens with one attached hydrogen (secondary N) is 2. The van der Waals surface area contributed by atoms with Gasteiger partial charge in [0.15, 0.2) is 0 Å². The molecule has 2 amide bonds. The lowest BCUT2D eigenvalue weighted by Crippen LogP contribution is -2.41. The van der Waals surface area contributed by atoms with Crippen molar-refractivity contribution in [1.29, 1.82) is 0 Å². The predicted octanol–water partition coefficient (Wildman–Crippen LogP) is 3.20. The molecule has 0 bridgehead atoms. The summed E-state index contributed by atoms with van der Waals surface area (Å²) in [4.78, 5) is 24.4. The summed E-state index contributed by atoms with van der Waals surface area (Å²) in [6, 6.07) is 10.6. The first-order valence-electron chi connectivity index (χ1n) is 7.32. The van der Waals surface area contributed by atoms with Crippen molar-refractivity contribution in [2.24, 2.45) is 0 Å². The molecule has 0 saturated heterocycles. The molecule has 0 spiro atoms. The zero-order valence-corrected chi connectivity index (χ0v) is 13.3. The van der Waals surface area contributed by atoms with Gasteiger partial charge in [0.2, 0.25) is 5.91 Å². The second kappa shape index (κ2) is 7.05. The zero-order valence-electron chi connectivity index (χ0n) is 13.3.